The second kappa shape index (κ2) is 9.05. The van der Waals surface area contributed by atoms with Crippen LogP contribution in [0.2, 0.25) is 0 Å². The zero-order valence-corrected chi connectivity index (χ0v) is 17.0. The highest BCUT2D eigenvalue weighted by Gasteiger charge is 2.24. The van der Waals surface area contributed by atoms with Crippen LogP contribution in [-0.4, -0.2) is 35.6 Å². The Bertz CT molecular complexity index is 864. The largest absolute Gasteiger partial charge is 0.344 e. The first kappa shape index (κ1) is 21.0. The van der Waals surface area contributed by atoms with E-state index in [9.17, 15) is 14.0 Å². The minimum absolute atomic E-state index is 0.0627. The standard InChI is InChI=1S/C19H25FN4O2S/c1-6-21-10-16(25)18-11(2)17(12(3)24(18)4)19(26)22-13-7-8-14(20)15(9-13)23-27-5/h7-9,21,23H,6,10H2,1-5H3,(H,22,26). The number of ketones is 1. The molecule has 0 fully saturated rings. The molecule has 0 aliphatic rings. The van der Waals surface area contributed by atoms with Crippen molar-refractivity contribution in [3.05, 3.63) is 46.5 Å². The van der Waals surface area contributed by atoms with E-state index >= 15 is 0 Å². The van der Waals surface area contributed by atoms with Gasteiger partial charge in [0.05, 0.1) is 23.5 Å². The van der Waals surface area contributed by atoms with Gasteiger partial charge < -0.3 is 19.9 Å². The molecule has 0 unspecified atom stereocenters. The van der Waals surface area contributed by atoms with Crippen LogP contribution in [0, 0.1) is 19.7 Å². The number of amides is 1. The van der Waals surface area contributed by atoms with Gasteiger partial charge in [0.15, 0.2) is 5.78 Å². The Kier molecular flexibility index (Phi) is 7.04. The summed E-state index contributed by atoms with van der Waals surface area (Å²) in [7, 11) is 1.77. The molecule has 2 rings (SSSR count). The molecule has 0 saturated carbocycles. The second-order valence-corrected chi connectivity index (χ2v) is 6.76. The summed E-state index contributed by atoms with van der Waals surface area (Å²) in [5.41, 5.74) is 3.09. The molecule has 0 radical (unpaired) electrons. The molecule has 2 aromatic rings. The number of carbonyl (C=O) groups is 2. The van der Waals surface area contributed by atoms with Crippen molar-refractivity contribution >= 4 is 35.0 Å². The van der Waals surface area contributed by atoms with E-state index in [-0.39, 0.29) is 18.2 Å². The van der Waals surface area contributed by atoms with Crippen LogP contribution in [0.25, 0.3) is 0 Å². The molecule has 0 aliphatic heterocycles. The van der Waals surface area contributed by atoms with E-state index in [0.717, 1.165) is 0 Å². The average Bonchev–Trinajstić information content (AvgIpc) is 2.85. The Labute approximate surface area is 163 Å². The van der Waals surface area contributed by atoms with Gasteiger partial charge >= 0.3 is 0 Å². The number of halogens is 1. The number of nitrogens with zero attached hydrogens (tertiary/aromatic N) is 1. The predicted octanol–water partition coefficient (Wildman–Crippen LogP) is 3.52. The van der Waals surface area contributed by atoms with Gasteiger partial charge in [0.2, 0.25) is 0 Å². The Balaban J connectivity index is 2.32. The van der Waals surface area contributed by atoms with Crippen LogP contribution in [0.1, 0.15) is 39.0 Å². The van der Waals surface area contributed by atoms with Gasteiger partial charge in [0, 0.05) is 24.7 Å². The zero-order valence-electron chi connectivity index (χ0n) is 16.2. The van der Waals surface area contributed by atoms with Crippen LogP contribution < -0.4 is 15.4 Å². The summed E-state index contributed by atoms with van der Waals surface area (Å²) in [6, 6.07) is 4.34. The van der Waals surface area contributed by atoms with E-state index < -0.39 is 5.82 Å². The quantitative estimate of drug-likeness (QED) is 0.473. The summed E-state index contributed by atoms with van der Waals surface area (Å²) < 4.78 is 18.3. The smallest absolute Gasteiger partial charge is 0.257 e. The normalized spacial score (nSPS) is 10.7. The van der Waals surface area contributed by atoms with Crippen molar-refractivity contribution < 1.29 is 14.0 Å². The maximum atomic E-state index is 13.8. The van der Waals surface area contributed by atoms with Crippen molar-refractivity contribution in [1.82, 2.24) is 9.88 Å². The summed E-state index contributed by atoms with van der Waals surface area (Å²) in [6.45, 7) is 6.41. The lowest BCUT2D eigenvalue weighted by Gasteiger charge is -2.09. The molecule has 27 heavy (non-hydrogen) atoms. The molecule has 0 bridgehead atoms. The Morgan fingerprint density at radius 3 is 2.59 bits per heavy atom. The average molecular weight is 393 g/mol. The van der Waals surface area contributed by atoms with Gasteiger partial charge in [-0.25, -0.2) is 4.39 Å². The zero-order chi connectivity index (χ0) is 20.1. The monoisotopic (exact) mass is 392 g/mol. The fourth-order valence-corrected chi connectivity index (χ4v) is 3.39. The topological polar surface area (TPSA) is 75.2 Å². The summed E-state index contributed by atoms with van der Waals surface area (Å²) in [6.07, 6.45) is 1.79. The lowest BCUT2D eigenvalue weighted by molar-refractivity contribution is 0.0982. The van der Waals surface area contributed by atoms with Crippen molar-refractivity contribution in [2.24, 2.45) is 7.05 Å². The Morgan fingerprint density at radius 1 is 1.26 bits per heavy atom. The number of nitrogens with one attached hydrogen (secondary N) is 3. The highest BCUT2D eigenvalue weighted by Crippen LogP contribution is 2.25. The maximum absolute atomic E-state index is 13.8. The molecule has 0 spiro atoms. The lowest BCUT2D eigenvalue weighted by Crippen LogP contribution is -2.24. The number of benzene rings is 1. The highest BCUT2D eigenvalue weighted by atomic mass is 32.2. The molecule has 1 heterocycles. The third-order valence-corrected chi connectivity index (χ3v) is 4.82. The van der Waals surface area contributed by atoms with Crippen molar-refractivity contribution in [3.63, 3.8) is 0 Å². The van der Waals surface area contributed by atoms with Crippen molar-refractivity contribution in [2.45, 2.75) is 20.8 Å². The van der Waals surface area contributed by atoms with Crippen molar-refractivity contribution in [3.8, 4) is 0 Å². The number of aromatic nitrogens is 1. The number of likely N-dealkylation sites (N-methyl/N-ethyl adjacent to an activating group) is 1. The van der Waals surface area contributed by atoms with Crippen LogP contribution in [0.15, 0.2) is 18.2 Å². The number of rotatable bonds is 8. The molecule has 8 heteroatoms. The summed E-state index contributed by atoms with van der Waals surface area (Å²) in [4.78, 5) is 25.3. The number of Topliss-reactive ketones (excluding diaryl/α,β-unsaturated/α-hetero) is 1. The van der Waals surface area contributed by atoms with E-state index in [2.05, 4.69) is 15.4 Å². The molecule has 1 amide bonds. The van der Waals surface area contributed by atoms with Crippen molar-refractivity contribution in [1.29, 1.82) is 0 Å². The van der Waals surface area contributed by atoms with Gasteiger partial charge in [-0.1, -0.05) is 18.9 Å². The molecule has 0 saturated heterocycles. The Hall–Kier alpha value is -2.32. The van der Waals surface area contributed by atoms with E-state index in [1.807, 2.05) is 6.92 Å². The highest BCUT2D eigenvalue weighted by molar-refractivity contribution is 7.99. The van der Waals surface area contributed by atoms with E-state index in [1.165, 1.54) is 30.1 Å². The van der Waals surface area contributed by atoms with E-state index in [0.29, 0.717) is 40.4 Å². The van der Waals surface area contributed by atoms with Gasteiger partial charge in [-0.3, -0.25) is 9.59 Å². The SMILES string of the molecule is CCNCC(=O)c1c(C)c(C(=O)Nc2ccc(F)c(NSC)c2)c(C)n1C. The predicted molar refractivity (Wildman–Crippen MR) is 109 cm³/mol. The van der Waals surface area contributed by atoms with Gasteiger partial charge in [-0.2, -0.15) is 0 Å². The number of carbonyl (C=O) groups excluding carboxylic acids is 2. The van der Waals surface area contributed by atoms with E-state index in [1.54, 1.807) is 31.7 Å². The van der Waals surface area contributed by atoms with Crippen LogP contribution in [0.4, 0.5) is 15.8 Å². The first-order chi connectivity index (χ1) is 12.8. The van der Waals surface area contributed by atoms with Gasteiger partial charge in [-0.15, -0.1) is 0 Å². The summed E-state index contributed by atoms with van der Waals surface area (Å²) >= 11 is 1.26. The first-order valence-electron chi connectivity index (χ1n) is 8.61. The summed E-state index contributed by atoms with van der Waals surface area (Å²) in [5, 5.41) is 5.81. The first-order valence-corrected chi connectivity index (χ1v) is 9.83. The van der Waals surface area contributed by atoms with Gasteiger partial charge in [-0.05, 0) is 44.2 Å². The molecule has 1 aromatic heterocycles. The number of hydrogen-bond acceptors (Lipinski definition) is 5. The fraction of sp³-hybridized carbons (Fsp3) is 0.368. The third-order valence-electron chi connectivity index (χ3n) is 4.39. The van der Waals surface area contributed by atoms with Crippen LogP contribution in [0.5, 0.6) is 0 Å². The van der Waals surface area contributed by atoms with Gasteiger partial charge in [0.25, 0.3) is 5.91 Å². The minimum atomic E-state index is -0.397. The summed E-state index contributed by atoms with van der Waals surface area (Å²) in [5.74, 6) is -0.789. The number of anilines is 2. The van der Waals surface area contributed by atoms with E-state index in [4.69, 9.17) is 0 Å². The molecule has 0 aliphatic carbocycles. The Morgan fingerprint density at radius 2 is 1.96 bits per heavy atom. The molecule has 146 valence electrons. The molecule has 3 N–H and O–H groups in total. The van der Waals surface area contributed by atoms with Crippen LogP contribution in [-0.2, 0) is 7.05 Å². The lowest BCUT2D eigenvalue weighted by atomic mass is 10.1. The minimum Gasteiger partial charge on any atom is -0.344 e. The third kappa shape index (κ3) is 4.51. The van der Waals surface area contributed by atoms with Crippen molar-refractivity contribution in [2.75, 3.05) is 29.4 Å². The maximum Gasteiger partial charge on any atom is 0.257 e. The van der Waals surface area contributed by atoms with Gasteiger partial charge in [0.1, 0.15) is 5.82 Å². The van der Waals surface area contributed by atoms with Crippen LogP contribution in [0.3, 0.4) is 0 Å². The molecular formula is C19H25FN4O2S. The number of hydrogen-bond donors (Lipinski definition) is 3. The molecular weight excluding hydrogens is 367 g/mol. The van der Waals surface area contributed by atoms with Crippen LogP contribution >= 0.6 is 11.9 Å². The molecule has 6 nitrogen and oxygen atoms in total. The molecule has 1 aromatic carbocycles. The molecule has 0 atom stereocenters. The fourth-order valence-electron chi connectivity index (χ4n) is 3.01. The second-order valence-electron chi connectivity index (χ2n) is 6.15.